The molecular formula is C10H11BrF2N2O2. The number of pyridine rings is 1. The van der Waals surface area contributed by atoms with Crippen molar-refractivity contribution in [1.82, 2.24) is 4.98 Å². The summed E-state index contributed by atoms with van der Waals surface area (Å²) in [5.41, 5.74) is 5.07. The Morgan fingerprint density at radius 2 is 2.29 bits per heavy atom. The standard InChI is InChI=1S/C10H11BrF2N2O2/c1-2-17-10(16)7-3-5(9(12)13)6(4-14)8(11)15-7/h3,9H,2,4,14H2,1H3. The lowest BCUT2D eigenvalue weighted by molar-refractivity contribution is 0.0518. The summed E-state index contributed by atoms with van der Waals surface area (Å²) < 4.78 is 30.4. The zero-order valence-electron chi connectivity index (χ0n) is 9.04. The van der Waals surface area contributed by atoms with Crippen LogP contribution in [0.15, 0.2) is 10.7 Å². The van der Waals surface area contributed by atoms with Gasteiger partial charge in [0.2, 0.25) is 0 Å². The Morgan fingerprint density at radius 1 is 1.65 bits per heavy atom. The molecule has 7 heteroatoms. The molecule has 0 unspecified atom stereocenters. The zero-order chi connectivity index (χ0) is 13.0. The van der Waals surface area contributed by atoms with Crippen LogP contribution in [0.3, 0.4) is 0 Å². The van der Waals surface area contributed by atoms with Crippen LogP contribution in [0.4, 0.5) is 8.78 Å². The molecule has 1 rings (SSSR count). The normalized spacial score (nSPS) is 10.7. The Hall–Kier alpha value is -1.08. The van der Waals surface area contributed by atoms with Gasteiger partial charge in [-0.3, -0.25) is 0 Å². The molecule has 0 radical (unpaired) electrons. The fourth-order valence-corrected chi connectivity index (χ4v) is 1.85. The minimum absolute atomic E-state index is 0.0869. The Kier molecular flexibility index (Phi) is 4.95. The van der Waals surface area contributed by atoms with Crippen LogP contribution in [0, 0.1) is 0 Å². The number of rotatable bonds is 4. The van der Waals surface area contributed by atoms with Crippen LogP contribution in [0.2, 0.25) is 0 Å². The molecule has 2 N–H and O–H groups in total. The average molecular weight is 309 g/mol. The summed E-state index contributed by atoms with van der Waals surface area (Å²) in [6, 6.07) is 1.01. The third-order valence-corrected chi connectivity index (χ3v) is 2.69. The van der Waals surface area contributed by atoms with E-state index in [9.17, 15) is 13.6 Å². The molecule has 0 amide bonds. The number of esters is 1. The SMILES string of the molecule is CCOC(=O)c1cc(C(F)F)c(CN)c(Br)n1. The maximum atomic E-state index is 12.8. The molecule has 0 aliphatic heterocycles. The lowest BCUT2D eigenvalue weighted by Crippen LogP contribution is -2.12. The van der Waals surface area contributed by atoms with Crippen LogP contribution in [0.1, 0.15) is 35.0 Å². The van der Waals surface area contributed by atoms with E-state index >= 15 is 0 Å². The molecule has 0 saturated heterocycles. The van der Waals surface area contributed by atoms with Gasteiger partial charge in [0, 0.05) is 17.7 Å². The molecule has 1 aromatic heterocycles. The summed E-state index contributed by atoms with van der Waals surface area (Å²) in [5.74, 6) is -0.737. The largest absolute Gasteiger partial charge is 0.461 e. The van der Waals surface area contributed by atoms with Crippen LogP contribution in [0.5, 0.6) is 0 Å². The Morgan fingerprint density at radius 3 is 2.76 bits per heavy atom. The number of alkyl halides is 2. The number of hydrogen-bond donors (Lipinski definition) is 1. The highest BCUT2D eigenvalue weighted by atomic mass is 79.9. The van der Waals surface area contributed by atoms with Gasteiger partial charge in [0.05, 0.1) is 6.61 Å². The van der Waals surface area contributed by atoms with Gasteiger partial charge in [-0.05, 0) is 28.9 Å². The molecule has 17 heavy (non-hydrogen) atoms. The summed E-state index contributed by atoms with van der Waals surface area (Å²) in [4.78, 5) is 15.2. The Labute approximate surface area is 105 Å². The van der Waals surface area contributed by atoms with Gasteiger partial charge >= 0.3 is 5.97 Å². The van der Waals surface area contributed by atoms with Crippen LogP contribution in [-0.4, -0.2) is 17.6 Å². The summed E-state index contributed by atoms with van der Waals surface area (Å²) in [6.45, 7) is 1.69. The molecule has 0 bridgehead atoms. The number of halogens is 3. The van der Waals surface area contributed by atoms with Gasteiger partial charge in [0.1, 0.15) is 10.3 Å². The number of ether oxygens (including phenoxy) is 1. The first-order chi connectivity index (χ1) is 8.01. The van der Waals surface area contributed by atoms with E-state index in [1.54, 1.807) is 6.92 Å². The lowest BCUT2D eigenvalue weighted by Gasteiger charge is -2.10. The Balaban J connectivity index is 3.24. The van der Waals surface area contributed by atoms with Crippen molar-refractivity contribution >= 4 is 21.9 Å². The van der Waals surface area contributed by atoms with Crippen LogP contribution >= 0.6 is 15.9 Å². The van der Waals surface area contributed by atoms with E-state index in [1.165, 1.54) is 0 Å². The summed E-state index contributed by atoms with van der Waals surface area (Å²) in [6.07, 6.45) is -2.72. The van der Waals surface area contributed by atoms with Crippen LogP contribution < -0.4 is 5.73 Å². The highest BCUT2D eigenvalue weighted by Crippen LogP contribution is 2.28. The van der Waals surface area contributed by atoms with Crippen molar-refractivity contribution in [3.63, 3.8) is 0 Å². The first kappa shape index (κ1) is 14.0. The van der Waals surface area contributed by atoms with E-state index in [1.807, 2.05) is 0 Å². The van der Waals surface area contributed by atoms with Gasteiger partial charge in [-0.15, -0.1) is 0 Å². The monoisotopic (exact) mass is 308 g/mol. The number of carbonyl (C=O) groups excluding carboxylic acids is 1. The third-order valence-electron chi connectivity index (χ3n) is 2.03. The molecular weight excluding hydrogens is 298 g/mol. The first-order valence-electron chi connectivity index (χ1n) is 4.85. The number of nitrogens with two attached hydrogens (primary N) is 1. The second-order valence-corrected chi connectivity index (χ2v) is 3.84. The molecule has 1 heterocycles. The van der Waals surface area contributed by atoms with E-state index in [0.717, 1.165) is 6.07 Å². The van der Waals surface area contributed by atoms with Crippen molar-refractivity contribution in [2.75, 3.05) is 6.61 Å². The predicted molar refractivity (Wildman–Crippen MR) is 60.7 cm³/mol. The molecule has 0 aliphatic carbocycles. The average Bonchev–Trinajstić information content (AvgIpc) is 2.28. The molecule has 94 valence electrons. The Bertz CT molecular complexity index is 427. The molecule has 4 nitrogen and oxygen atoms in total. The molecule has 1 aromatic rings. The van der Waals surface area contributed by atoms with Gasteiger partial charge in [-0.25, -0.2) is 18.6 Å². The number of nitrogens with zero attached hydrogens (tertiary/aromatic N) is 1. The van der Waals surface area contributed by atoms with Crippen molar-refractivity contribution in [2.24, 2.45) is 5.73 Å². The second-order valence-electron chi connectivity index (χ2n) is 3.09. The molecule has 0 aromatic carbocycles. The number of hydrogen-bond acceptors (Lipinski definition) is 4. The fraction of sp³-hybridized carbons (Fsp3) is 0.400. The van der Waals surface area contributed by atoms with Crippen molar-refractivity contribution in [3.8, 4) is 0 Å². The van der Waals surface area contributed by atoms with E-state index in [0.29, 0.717) is 0 Å². The molecule has 0 atom stereocenters. The lowest BCUT2D eigenvalue weighted by atomic mass is 10.1. The topological polar surface area (TPSA) is 65.2 Å². The van der Waals surface area contributed by atoms with E-state index in [4.69, 9.17) is 10.5 Å². The van der Waals surface area contributed by atoms with Gasteiger partial charge in [-0.2, -0.15) is 0 Å². The second kappa shape index (κ2) is 6.02. The molecule has 0 spiro atoms. The summed E-state index contributed by atoms with van der Waals surface area (Å²) in [5, 5.41) is 0. The van der Waals surface area contributed by atoms with Crippen molar-refractivity contribution in [2.45, 2.75) is 19.9 Å². The van der Waals surface area contributed by atoms with Crippen LogP contribution in [0.25, 0.3) is 0 Å². The smallest absolute Gasteiger partial charge is 0.356 e. The van der Waals surface area contributed by atoms with E-state index in [-0.39, 0.29) is 34.6 Å². The predicted octanol–water partition coefficient (Wildman–Crippen LogP) is 2.42. The maximum absolute atomic E-state index is 12.8. The highest BCUT2D eigenvalue weighted by Gasteiger charge is 2.20. The minimum Gasteiger partial charge on any atom is -0.461 e. The fourth-order valence-electron chi connectivity index (χ4n) is 1.27. The third kappa shape index (κ3) is 3.19. The van der Waals surface area contributed by atoms with Crippen molar-refractivity contribution in [1.29, 1.82) is 0 Å². The van der Waals surface area contributed by atoms with Gasteiger partial charge in [0.25, 0.3) is 6.43 Å². The number of carbonyl (C=O) groups is 1. The van der Waals surface area contributed by atoms with Gasteiger partial charge in [0.15, 0.2) is 0 Å². The molecule has 0 saturated carbocycles. The summed E-state index contributed by atoms with van der Waals surface area (Å²) >= 11 is 3.01. The van der Waals surface area contributed by atoms with Gasteiger partial charge < -0.3 is 10.5 Å². The first-order valence-corrected chi connectivity index (χ1v) is 5.65. The zero-order valence-corrected chi connectivity index (χ0v) is 10.6. The van der Waals surface area contributed by atoms with Crippen LogP contribution in [-0.2, 0) is 11.3 Å². The van der Waals surface area contributed by atoms with Crippen molar-refractivity contribution in [3.05, 3.63) is 27.5 Å². The quantitative estimate of drug-likeness (QED) is 0.685. The summed E-state index contributed by atoms with van der Waals surface area (Å²) in [7, 11) is 0. The number of aromatic nitrogens is 1. The minimum atomic E-state index is -2.72. The highest BCUT2D eigenvalue weighted by molar-refractivity contribution is 9.10. The van der Waals surface area contributed by atoms with E-state index < -0.39 is 12.4 Å². The molecule has 0 aliphatic rings. The van der Waals surface area contributed by atoms with Crippen molar-refractivity contribution < 1.29 is 18.3 Å². The van der Waals surface area contributed by atoms with Gasteiger partial charge in [-0.1, -0.05) is 0 Å². The maximum Gasteiger partial charge on any atom is 0.356 e. The van der Waals surface area contributed by atoms with E-state index in [2.05, 4.69) is 20.9 Å². The molecule has 0 fully saturated rings.